The second-order valence-corrected chi connectivity index (χ2v) is 9.11. The predicted octanol–water partition coefficient (Wildman–Crippen LogP) is 2.43. The van der Waals surface area contributed by atoms with Crippen molar-refractivity contribution in [2.24, 2.45) is 0 Å². The van der Waals surface area contributed by atoms with E-state index in [-0.39, 0.29) is 37.3 Å². The summed E-state index contributed by atoms with van der Waals surface area (Å²) in [6.07, 6.45) is 2.22. The van der Waals surface area contributed by atoms with Gasteiger partial charge < -0.3 is 10.6 Å². The molecule has 0 spiro atoms. The van der Waals surface area contributed by atoms with Gasteiger partial charge in [0.15, 0.2) is 0 Å². The molecule has 0 atom stereocenters. The number of nitrogens with zero attached hydrogens (tertiary/aromatic N) is 2. The van der Waals surface area contributed by atoms with E-state index >= 15 is 0 Å². The van der Waals surface area contributed by atoms with Gasteiger partial charge in [-0.3, -0.25) is 19.0 Å². The Kier molecular flexibility index (Phi) is 6.68. The number of hydrogen-bond acceptors (Lipinski definition) is 4. The number of halogens is 1. The number of hydrogen-bond donors (Lipinski definition) is 2. The van der Waals surface area contributed by atoms with Crippen molar-refractivity contribution in [1.29, 1.82) is 0 Å². The highest BCUT2D eigenvalue weighted by atomic mass is 19.1. The lowest BCUT2D eigenvalue weighted by atomic mass is 10.1. The van der Waals surface area contributed by atoms with Crippen LogP contribution in [0.5, 0.6) is 0 Å². The molecule has 188 valence electrons. The SMILES string of the molecule is O=C(Cn1c(=O)n(-c2ccc(CC(=O)NC3CC3)cc2)c(=O)c2ccccc21)NCc1ccc(F)cc1. The van der Waals surface area contributed by atoms with E-state index in [0.717, 1.165) is 23.0 Å². The fourth-order valence-corrected chi connectivity index (χ4v) is 4.16. The number of fused-ring (bicyclic) bond motifs is 1. The molecule has 5 rings (SSSR count). The van der Waals surface area contributed by atoms with Gasteiger partial charge in [-0.25, -0.2) is 13.8 Å². The van der Waals surface area contributed by atoms with Crippen molar-refractivity contribution >= 4 is 22.7 Å². The van der Waals surface area contributed by atoms with Gasteiger partial charge in [-0.05, 0) is 60.4 Å². The Morgan fingerprint density at radius 3 is 2.24 bits per heavy atom. The van der Waals surface area contributed by atoms with Crippen molar-refractivity contribution < 1.29 is 14.0 Å². The van der Waals surface area contributed by atoms with Crippen LogP contribution in [0.3, 0.4) is 0 Å². The van der Waals surface area contributed by atoms with Gasteiger partial charge in [-0.2, -0.15) is 0 Å². The Morgan fingerprint density at radius 1 is 0.865 bits per heavy atom. The molecule has 0 radical (unpaired) electrons. The first-order valence-corrected chi connectivity index (χ1v) is 12.0. The van der Waals surface area contributed by atoms with Gasteiger partial charge in [0.2, 0.25) is 11.8 Å². The first kappa shape index (κ1) is 24.2. The zero-order chi connectivity index (χ0) is 25.9. The topological polar surface area (TPSA) is 102 Å². The van der Waals surface area contributed by atoms with Crippen molar-refractivity contribution in [3.05, 3.63) is 111 Å². The van der Waals surface area contributed by atoms with Crippen molar-refractivity contribution in [3.63, 3.8) is 0 Å². The van der Waals surface area contributed by atoms with Crippen LogP contribution in [0, 0.1) is 5.82 Å². The largest absolute Gasteiger partial charge is 0.353 e. The minimum Gasteiger partial charge on any atom is -0.353 e. The Hall–Kier alpha value is -4.53. The van der Waals surface area contributed by atoms with E-state index in [1.807, 2.05) is 0 Å². The Morgan fingerprint density at radius 2 is 1.54 bits per heavy atom. The molecule has 1 aromatic heterocycles. The van der Waals surface area contributed by atoms with E-state index in [1.165, 1.54) is 16.7 Å². The molecule has 4 aromatic rings. The number of carbonyl (C=O) groups is 2. The van der Waals surface area contributed by atoms with E-state index < -0.39 is 17.2 Å². The zero-order valence-corrected chi connectivity index (χ0v) is 19.9. The molecular weight excluding hydrogens is 475 g/mol. The van der Waals surface area contributed by atoms with E-state index in [2.05, 4.69) is 10.6 Å². The van der Waals surface area contributed by atoms with E-state index in [4.69, 9.17) is 0 Å². The Bertz CT molecular complexity index is 1590. The summed E-state index contributed by atoms with van der Waals surface area (Å²) in [6, 6.07) is 19.3. The maximum absolute atomic E-state index is 13.5. The molecule has 8 nitrogen and oxygen atoms in total. The molecule has 0 bridgehead atoms. The fraction of sp³-hybridized carbons (Fsp3) is 0.214. The molecule has 9 heteroatoms. The molecular formula is C28H25FN4O4. The van der Waals surface area contributed by atoms with Gasteiger partial charge in [-0.1, -0.05) is 36.4 Å². The number of amides is 2. The van der Waals surface area contributed by atoms with Gasteiger partial charge >= 0.3 is 5.69 Å². The predicted molar refractivity (Wildman–Crippen MR) is 137 cm³/mol. The summed E-state index contributed by atoms with van der Waals surface area (Å²) in [7, 11) is 0. The van der Waals surface area contributed by atoms with Gasteiger partial charge in [0, 0.05) is 12.6 Å². The lowest BCUT2D eigenvalue weighted by Gasteiger charge is -2.14. The van der Waals surface area contributed by atoms with Crippen LogP contribution in [0.1, 0.15) is 24.0 Å². The summed E-state index contributed by atoms with van der Waals surface area (Å²) >= 11 is 0. The second kappa shape index (κ2) is 10.2. The molecule has 1 fully saturated rings. The van der Waals surface area contributed by atoms with E-state index in [1.54, 1.807) is 60.7 Å². The lowest BCUT2D eigenvalue weighted by molar-refractivity contribution is -0.122. The normalized spacial score (nSPS) is 12.9. The van der Waals surface area contributed by atoms with Crippen LogP contribution in [0.2, 0.25) is 0 Å². The van der Waals surface area contributed by atoms with E-state index in [9.17, 15) is 23.6 Å². The second-order valence-electron chi connectivity index (χ2n) is 9.11. The maximum atomic E-state index is 13.5. The molecule has 1 aliphatic rings. The highest BCUT2D eigenvalue weighted by Gasteiger charge is 2.23. The average Bonchev–Trinajstić information content (AvgIpc) is 3.71. The molecule has 1 heterocycles. The first-order chi connectivity index (χ1) is 17.9. The molecule has 0 aliphatic heterocycles. The van der Waals surface area contributed by atoms with Crippen LogP contribution in [0.15, 0.2) is 82.4 Å². The summed E-state index contributed by atoms with van der Waals surface area (Å²) in [5.41, 5.74) is 1.01. The number of rotatable bonds is 8. The monoisotopic (exact) mass is 500 g/mol. The minimum absolute atomic E-state index is 0.0628. The van der Waals surface area contributed by atoms with Crippen LogP contribution < -0.4 is 21.9 Å². The number of para-hydroxylation sites is 1. The summed E-state index contributed by atoms with van der Waals surface area (Å²) in [5, 5.41) is 5.96. The third-order valence-electron chi connectivity index (χ3n) is 6.26. The van der Waals surface area contributed by atoms with Crippen LogP contribution in [-0.4, -0.2) is 27.0 Å². The van der Waals surface area contributed by atoms with Crippen molar-refractivity contribution in [2.75, 3.05) is 0 Å². The lowest BCUT2D eigenvalue weighted by Crippen LogP contribution is -2.41. The zero-order valence-electron chi connectivity index (χ0n) is 19.9. The Balaban J connectivity index is 1.42. The standard InChI is InChI=1S/C28H25FN4O4/c29-20-9-5-19(6-10-20)16-30-26(35)17-32-24-4-2-1-3-23(24)27(36)33(28(32)37)22-13-7-18(8-14-22)15-25(34)31-21-11-12-21/h1-10,13-14,21H,11-12,15-17H2,(H,30,35)(H,31,34). The number of nitrogens with one attached hydrogen (secondary N) is 2. The number of aromatic nitrogens is 2. The van der Waals surface area contributed by atoms with Crippen LogP contribution >= 0.6 is 0 Å². The number of benzene rings is 3. The van der Waals surface area contributed by atoms with Crippen molar-refractivity contribution in [3.8, 4) is 5.69 Å². The van der Waals surface area contributed by atoms with E-state index in [0.29, 0.717) is 22.2 Å². The third kappa shape index (κ3) is 5.50. The molecule has 1 saturated carbocycles. The minimum atomic E-state index is -0.653. The van der Waals surface area contributed by atoms with Gasteiger partial charge in [0.25, 0.3) is 5.56 Å². The summed E-state index contributed by atoms with van der Waals surface area (Å²) in [4.78, 5) is 51.6. The highest BCUT2D eigenvalue weighted by Crippen LogP contribution is 2.19. The van der Waals surface area contributed by atoms with Crippen molar-refractivity contribution in [1.82, 2.24) is 19.8 Å². The average molecular weight is 501 g/mol. The molecule has 0 saturated heterocycles. The smallest absolute Gasteiger partial charge is 0.336 e. The number of carbonyl (C=O) groups excluding carboxylic acids is 2. The van der Waals surface area contributed by atoms with Gasteiger partial charge in [0.1, 0.15) is 12.4 Å². The third-order valence-corrected chi connectivity index (χ3v) is 6.26. The molecule has 2 N–H and O–H groups in total. The van der Waals surface area contributed by atoms with Gasteiger partial charge in [-0.15, -0.1) is 0 Å². The summed E-state index contributed by atoms with van der Waals surface area (Å²) < 4.78 is 15.4. The quantitative estimate of drug-likeness (QED) is 0.388. The Labute approximate surface area is 211 Å². The van der Waals surface area contributed by atoms with Crippen molar-refractivity contribution in [2.45, 2.75) is 38.4 Å². The molecule has 2 amide bonds. The summed E-state index contributed by atoms with van der Waals surface area (Å²) in [5.74, 6) is -0.865. The molecule has 1 aliphatic carbocycles. The molecule has 0 unspecified atom stereocenters. The highest BCUT2D eigenvalue weighted by molar-refractivity contribution is 5.82. The van der Waals surface area contributed by atoms with Gasteiger partial charge in [0.05, 0.1) is 23.0 Å². The maximum Gasteiger partial charge on any atom is 0.336 e. The van der Waals surface area contributed by atoms with Crippen LogP contribution in [0.25, 0.3) is 16.6 Å². The van der Waals surface area contributed by atoms with Crippen LogP contribution in [0.4, 0.5) is 4.39 Å². The fourth-order valence-electron chi connectivity index (χ4n) is 4.16. The summed E-state index contributed by atoms with van der Waals surface area (Å²) in [6.45, 7) is -0.137. The molecule has 3 aromatic carbocycles. The first-order valence-electron chi connectivity index (χ1n) is 12.0. The molecule has 37 heavy (non-hydrogen) atoms. The van der Waals surface area contributed by atoms with Crippen LogP contribution in [-0.2, 0) is 29.1 Å².